The molecule has 2 unspecified atom stereocenters. The van der Waals surface area contributed by atoms with Crippen molar-refractivity contribution in [2.24, 2.45) is 0 Å². The Bertz CT molecular complexity index is 3210. The maximum absolute atomic E-state index is 5.39. The van der Waals surface area contributed by atoms with Crippen molar-refractivity contribution < 1.29 is 0 Å². The Balaban J connectivity index is 1.08. The van der Waals surface area contributed by atoms with Crippen LogP contribution in [0.2, 0.25) is 0 Å². The first-order chi connectivity index (χ1) is 29.3. The molecule has 1 aromatic heterocycles. The summed E-state index contributed by atoms with van der Waals surface area (Å²) < 4.78 is 2.33. The van der Waals surface area contributed by atoms with Crippen LogP contribution in [0, 0.1) is 0 Å². The van der Waals surface area contributed by atoms with E-state index in [9.17, 15) is 0 Å². The third kappa shape index (κ3) is 4.62. The van der Waals surface area contributed by atoms with Crippen LogP contribution in [0.1, 0.15) is 33.7 Å². The highest BCUT2D eigenvalue weighted by atomic mass is 32.2. The number of nitrogens with zero attached hydrogens (tertiary/aromatic N) is 2. The van der Waals surface area contributed by atoms with Gasteiger partial charge in [0.05, 0.1) is 16.4 Å². The molecule has 0 fully saturated rings. The topological polar surface area (TPSA) is 17.8 Å². The Morgan fingerprint density at radius 3 is 1.83 bits per heavy atom. The molecule has 13 rings (SSSR count). The van der Waals surface area contributed by atoms with Gasteiger partial charge in [-0.3, -0.25) is 4.57 Å². The molecule has 3 aliphatic carbocycles. The third-order valence-corrected chi connectivity index (χ3v) is 14.6. The van der Waals surface area contributed by atoms with Crippen molar-refractivity contribution >= 4 is 22.8 Å². The third-order valence-electron chi connectivity index (χ3n) is 13.2. The number of benzene rings is 8. The second-order valence-electron chi connectivity index (χ2n) is 16.1. The van der Waals surface area contributed by atoms with Crippen LogP contribution < -0.4 is 0 Å². The van der Waals surface area contributed by atoms with Gasteiger partial charge in [-0.25, -0.2) is 4.98 Å². The number of thioether (sulfide) groups is 1. The van der Waals surface area contributed by atoms with E-state index in [4.69, 9.17) is 4.98 Å². The zero-order valence-electron chi connectivity index (χ0n) is 32.1. The normalized spacial score (nSPS) is 17.1. The average molecular weight is 769 g/mol. The van der Waals surface area contributed by atoms with Crippen molar-refractivity contribution in [3.63, 3.8) is 0 Å². The summed E-state index contributed by atoms with van der Waals surface area (Å²) in [5, 5.41) is 0.410. The molecular weight excluding hydrogens is 733 g/mol. The van der Waals surface area contributed by atoms with Crippen LogP contribution >= 0.6 is 11.8 Å². The zero-order chi connectivity index (χ0) is 38.7. The van der Waals surface area contributed by atoms with E-state index < -0.39 is 5.41 Å². The largest absolute Gasteiger partial charge is 0.292 e. The summed E-state index contributed by atoms with van der Waals surface area (Å²) in [7, 11) is 0. The highest BCUT2D eigenvalue weighted by Gasteiger charge is 2.51. The minimum absolute atomic E-state index is 0.386. The van der Waals surface area contributed by atoms with Gasteiger partial charge in [0.2, 0.25) is 0 Å². The predicted octanol–water partition coefficient (Wildman–Crippen LogP) is 14.1. The van der Waals surface area contributed by atoms with Crippen molar-refractivity contribution in [2.75, 3.05) is 0 Å². The Morgan fingerprint density at radius 2 is 1.07 bits per heavy atom. The molecule has 0 saturated heterocycles. The Labute approximate surface area is 347 Å². The van der Waals surface area contributed by atoms with Gasteiger partial charge in [0.25, 0.3) is 0 Å². The molecule has 2 atom stereocenters. The summed E-state index contributed by atoms with van der Waals surface area (Å²) in [6, 6.07) is 67.7. The Hall–Kier alpha value is -6.94. The van der Waals surface area contributed by atoms with E-state index in [1.165, 1.54) is 77.2 Å². The minimum Gasteiger partial charge on any atom is -0.292 e. The molecule has 276 valence electrons. The van der Waals surface area contributed by atoms with Gasteiger partial charge in [-0.1, -0.05) is 158 Å². The highest BCUT2D eigenvalue weighted by Crippen LogP contribution is 2.63. The van der Waals surface area contributed by atoms with Crippen molar-refractivity contribution in [2.45, 2.75) is 21.5 Å². The molecule has 59 heavy (non-hydrogen) atoms. The van der Waals surface area contributed by atoms with E-state index in [-0.39, 0.29) is 0 Å². The number of hydrogen-bond donors (Lipinski definition) is 0. The molecule has 4 aliphatic rings. The van der Waals surface area contributed by atoms with Gasteiger partial charge in [-0.05, 0) is 121 Å². The molecular formula is C56H36N2S. The molecule has 0 amide bonds. The van der Waals surface area contributed by atoms with Crippen LogP contribution in [-0.2, 0) is 5.41 Å². The molecule has 2 heterocycles. The van der Waals surface area contributed by atoms with Crippen molar-refractivity contribution in [3.8, 4) is 61.6 Å². The highest BCUT2D eigenvalue weighted by molar-refractivity contribution is 8.00. The maximum Gasteiger partial charge on any atom is 0.145 e. The SMILES string of the molecule is C1=CC2Sc3c(-c4cc(-c5ccc6c(c5)C5(c7ccccc7-c7ccccc75)c5ccccc5-6)cc(-c5nc6ccccc6n5-c5ccccc5)c4)cccc3C2C=C1. The number of para-hydroxylation sites is 3. The van der Waals surface area contributed by atoms with E-state index in [0.29, 0.717) is 11.2 Å². The standard InChI is InChI=1S/C56H36N2S/c1-2-15-39(16-3-1)58-52-27-12-11-26-51(52)57-55(58)38-32-36(31-37(33-38)40-21-14-22-46-45-20-7-13-28-53(45)59-54(40)46)35-29-30-44-43-19-6-10-25-49(43)56(50(44)34-35)47-23-8-4-17-41(47)42-18-5-9-24-48(42)56/h1-34,45,53H. The first-order valence-corrected chi connectivity index (χ1v) is 21.4. The minimum atomic E-state index is -0.412. The summed E-state index contributed by atoms with van der Waals surface area (Å²) in [6.07, 6.45) is 9.14. The van der Waals surface area contributed by atoms with E-state index in [0.717, 1.165) is 28.1 Å². The van der Waals surface area contributed by atoms with Gasteiger partial charge in [-0.2, -0.15) is 0 Å². The number of rotatable bonds is 4. The smallest absolute Gasteiger partial charge is 0.145 e. The van der Waals surface area contributed by atoms with Crippen molar-refractivity contribution in [1.29, 1.82) is 0 Å². The lowest BCUT2D eigenvalue weighted by molar-refractivity contribution is 0.794. The fraction of sp³-hybridized carbons (Fsp3) is 0.0536. The van der Waals surface area contributed by atoms with Crippen LogP contribution in [0.5, 0.6) is 0 Å². The van der Waals surface area contributed by atoms with Gasteiger partial charge in [0.15, 0.2) is 0 Å². The van der Waals surface area contributed by atoms with Crippen molar-refractivity contribution in [3.05, 3.63) is 234 Å². The van der Waals surface area contributed by atoms with E-state index >= 15 is 0 Å². The first-order valence-electron chi connectivity index (χ1n) is 20.5. The van der Waals surface area contributed by atoms with Crippen LogP contribution in [0.3, 0.4) is 0 Å². The number of aromatic nitrogens is 2. The van der Waals surface area contributed by atoms with Gasteiger partial charge in [0.1, 0.15) is 5.82 Å². The molecule has 0 bridgehead atoms. The number of allylic oxidation sites excluding steroid dienone is 3. The second-order valence-corrected chi connectivity index (χ2v) is 17.3. The Morgan fingerprint density at radius 1 is 0.458 bits per heavy atom. The van der Waals surface area contributed by atoms with Crippen LogP contribution in [0.4, 0.5) is 0 Å². The average Bonchev–Trinajstić information content (AvgIpc) is 4.04. The fourth-order valence-corrected chi connectivity index (χ4v) is 12.2. The summed E-state index contributed by atoms with van der Waals surface area (Å²) in [5.74, 6) is 1.32. The number of fused-ring (bicyclic) bond motifs is 14. The lowest BCUT2D eigenvalue weighted by atomic mass is 9.70. The molecule has 8 aromatic carbocycles. The van der Waals surface area contributed by atoms with E-state index in [1.54, 1.807) is 0 Å². The van der Waals surface area contributed by atoms with Gasteiger partial charge in [-0.15, -0.1) is 11.8 Å². The Kier molecular flexibility index (Phi) is 7.02. The molecule has 0 radical (unpaired) electrons. The maximum atomic E-state index is 5.39. The number of hydrogen-bond acceptors (Lipinski definition) is 2. The summed E-state index contributed by atoms with van der Waals surface area (Å²) in [5.41, 5.74) is 20.8. The molecule has 0 saturated carbocycles. The summed E-state index contributed by atoms with van der Waals surface area (Å²) in [4.78, 5) is 6.77. The van der Waals surface area contributed by atoms with Crippen molar-refractivity contribution in [1.82, 2.24) is 9.55 Å². The molecule has 3 heteroatoms. The molecule has 9 aromatic rings. The molecule has 1 aliphatic heterocycles. The predicted molar refractivity (Wildman–Crippen MR) is 244 cm³/mol. The van der Waals surface area contributed by atoms with Gasteiger partial charge >= 0.3 is 0 Å². The number of imidazole rings is 1. The van der Waals surface area contributed by atoms with E-state index in [1.807, 2.05) is 11.8 Å². The van der Waals surface area contributed by atoms with Crippen LogP contribution in [-0.4, -0.2) is 14.8 Å². The van der Waals surface area contributed by atoms with Crippen LogP contribution in [0.15, 0.2) is 211 Å². The lowest BCUT2D eigenvalue weighted by Gasteiger charge is -2.30. The summed E-state index contributed by atoms with van der Waals surface area (Å²) in [6.45, 7) is 0. The summed E-state index contributed by atoms with van der Waals surface area (Å²) >= 11 is 2.00. The van der Waals surface area contributed by atoms with Gasteiger partial charge in [0, 0.05) is 27.3 Å². The monoisotopic (exact) mass is 768 g/mol. The van der Waals surface area contributed by atoms with Crippen LogP contribution in [0.25, 0.3) is 72.6 Å². The molecule has 0 N–H and O–H groups in total. The lowest BCUT2D eigenvalue weighted by Crippen LogP contribution is -2.25. The van der Waals surface area contributed by atoms with Gasteiger partial charge < -0.3 is 0 Å². The zero-order valence-corrected chi connectivity index (χ0v) is 32.9. The quantitative estimate of drug-likeness (QED) is 0.177. The first kappa shape index (κ1) is 33.1. The second kappa shape index (κ2) is 12.5. The van der Waals surface area contributed by atoms with E-state index in [2.05, 4.69) is 211 Å². The fourth-order valence-electron chi connectivity index (χ4n) is 10.7. The molecule has 1 spiro atoms. The molecule has 2 nitrogen and oxygen atoms in total.